The largest absolute Gasteiger partial charge is 0.481 e. The van der Waals surface area contributed by atoms with Crippen LogP contribution < -0.4 is 0 Å². The maximum atomic E-state index is 11.0. The molecule has 5 heteroatoms. The quantitative estimate of drug-likeness (QED) is 0.925. The molecule has 0 saturated carbocycles. The van der Waals surface area contributed by atoms with Crippen LogP contribution in [0.25, 0.3) is 11.4 Å². The van der Waals surface area contributed by atoms with Crippen molar-refractivity contribution in [2.24, 2.45) is 5.92 Å². The summed E-state index contributed by atoms with van der Waals surface area (Å²) in [6.07, 6.45) is 3.04. The van der Waals surface area contributed by atoms with E-state index < -0.39 is 5.97 Å². The number of benzene rings is 1. The van der Waals surface area contributed by atoms with Gasteiger partial charge in [0.1, 0.15) is 5.82 Å². The first-order valence-electron chi connectivity index (χ1n) is 6.18. The van der Waals surface area contributed by atoms with Crippen LogP contribution in [-0.2, 0) is 17.8 Å². The van der Waals surface area contributed by atoms with Crippen LogP contribution in [0.3, 0.4) is 0 Å². The number of hydrogen-bond acceptors (Lipinski definition) is 2. The first kappa shape index (κ1) is 12.4. The fraction of sp³-hybridized carbons (Fsp3) is 0.286. The van der Waals surface area contributed by atoms with Crippen LogP contribution in [0.5, 0.6) is 0 Å². The SMILES string of the molecule is O=C(O)C1CCn2c(cnc2-c2ccc(Br)cc2)C1. The van der Waals surface area contributed by atoms with Crippen LogP contribution >= 0.6 is 15.9 Å². The van der Waals surface area contributed by atoms with Crippen molar-refractivity contribution in [2.45, 2.75) is 19.4 Å². The Morgan fingerprint density at radius 1 is 1.37 bits per heavy atom. The van der Waals surface area contributed by atoms with E-state index in [-0.39, 0.29) is 5.92 Å². The predicted molar refractivity (Wildman–Crippen MR) is 74.8 cm³/mol. The molecular weight excluding hydrogens is 308 g/mol. The van der Waals surface area contributed by atoms with Crippen LogP contribution in [-0.4, -0.2) is 20.6 Å². The average Bonchev–Trinajstić information content (AvgIpc) is 2.82. The second kappa shape index (κ2) is 4.81. The molecule has 1 unspecified atom stereocenters. The predicted octanol–water partition coefficient (Wildman–Crippen LogP) is 2.96. The van der Waals surface area contributed by atoms with Gasteiger partial charge in [-0.1, -0.05) is 28.1 Å². The van der Waals surface area contributed by atoms with Gasteiger partial charge >= 0.3 is 5.97 Å². The highest BCUT2D eigenvalue weighted by atomic mass is 79.9. The normalized spacial score (nSPS) is 18.1. The van der Waals surface area contributed by atoms with Gasteiger partial charge in [0.2, 0.25) is 0 Å². The Morgan fingerprint density at radius 2 is 2.11 bits per heavy atom. The van der Waals surface area contributed by atoms with E-state index in [9.17, 15) is 4.79 Å². The van der Waals surface area contributed by atoms with E-state index in [4.69, 9.17) is 5.11 Å². The van der Waals surface area contributed by atoms with Crippen molar-refractivity contribution in [1.29, 1.82) is 0 Å². The first-order chi connectivity index (χ1) is 9.15. The molecule has 3 rings (SSSR count). The Morgan fingerprint density at radius 3 is 2.79 bits per heavy atom. The third-order valence-electron chi connectivity index (χ3n) is 3.55. The highest BCUT2D eigenvalue weighted by molar-refractivity contribution is 9.10. The van der Waals surface area contributed by atoms with Gasteiger partial charge in [0.15, 0.2) is 0 Å². The summed E-state index contributed by atoms with van der Waals surface area (Å²) in [6, 6.07) is 8.01. The summed E-state index contributed by atoms with van der Waals surface area (Å²) in [5.74, 6) is -0.0639. The Balaban J connectivity index is 1.95. The minimum absolute atomic E-state index is 0.276. The molecular formula is C14H13BrN2O2. The summed E-state index contributed by atoms with van der Waals surface area (Å²) in [4.78, 5) is 15.5. The summed E-state index contributed by atoms with van der Waals surface area (Å²) < 4.78 is 3.16. The van der Waals surface area contributed by atoms with Crippen LogP contribution in [0.1, 0.15) is 12.1 Å². The van der Waals surface area contributed by atoms with E-state index in [1.165, 1.54) is 0 Å². The zero-order valence-corrected chi connectivity index (χ0v) is 11.8. The Labute approximate surface area is 119 Å². The number of aromatic nitrogens is 2. The molecule has 0 bridgehead atoms. The van der Waals surface area contributed by atoms with Gasteiger partial charge in [-0.15, -0.1) is 0 Å². The van der Waals surface area contributed by atoms with Crippen molar-refractivity contribution in [3.63, 3.8) is 0 Å². The zero-order valence-electron chi connectivity index (χ0n) is 10.2. The Hall–Kier alpha value is -1.62. The van der Waals surface area contributed by atoms with Crippen molar-refractivity contribution in [3.8, 4) is 11.4 Å². The molecule has 0 amide bonds. The van der Waals surface area contributed by atoms with Crippen molar-refractivity contribution in [3.05, 3.63) is 40.6 Å². The molecule has 4 nitrogen and oxygen atoms in total. The number of carboxylic acid groups (broad SMARTS) is 1. The number of halogens is 1. The van der Waals surface area contributed by atoms with Gasteiger partial charge in [-0.2, -0.15) is 0 Å². The number of carbonyl (C=O) groups is 1. The zero-order chi connectivity index (χ0) is 13.4. The summed E-state index contributed by atoms with van der Waals surface area (Å²) in [7, 11) is 0. The van der Waals surface area contributed by atoms with Crippen LogP contribution in [0, 0.1) is 5.92 Å². The van der Waals surface area contributed by atoms with E-state index in [2.05, 4.69) is 25.5 Å². The van der Waals surface area contributed by atoms with Crippen molar-refractivity contribution in [1.82, 2.24) is 9.55 Å². The van der Waals surface area contributed by atoms with Crippen molar-refractivity contribution < 1.29 is 9.90 Å². The lowest BCUT2D eigenvalue weighted by molar-refractivity contribution is -0.142. The van der Waals surface area contributed by atoms with Gasteiger partial charge in [-0.25, -0.2) is 4.98 Å². The van der Waals surface area contributed by atoms with Crippen LogP contribution in [0.15, 0.2) is 34.9 Å². The van der Waals surface area contributed by atoms with E-state index in [1.54, 1.807) is 6.20 Å². The summed E-state index contributed by atoms with van der Waals surface area (Å²) in [5.41, 5.74) is 2.07. The van der Waals surface area contributed by atoms with E-state index >= 15 is 0 Å². The van der Waals surface area contributed by atoms with Crippen LogP contribution in [0.2, 0.25) is 0 Å². The minimum atomic E-state index is -0.711. The minimum Gasteiger partial charge on any atom is -0.481 e. The Bertz CT molecular complexity index is 619. The number of nitrogens with zero attached hydrogens (tertiary/aromatic N) is 2. The molecule has 1 atom stereocenters. The number of fused-ring (bicyclic) bond motifs is 1. The van der Waals surface area contributed by atoms with Gasteiger partial charge in [-0.3, -0.25) is 4.79 Å². The lowest BCUT2D eigenvalue weighted by Gasteiger charge is -2.22. The molecule has 1 N–H and O–H groups in total. The molecule has 98 valence electrons. The van der Waals surface area contributed by atoms with E-state index in [0.717, 1.165) is 28.1 Å². The fourth-order valence-corrected chi connectivity index (χ4v) is 2.77. The van der Waals surface area contributed by atoms with Crippen molar-refractivity contribution >= 4 is 21.9 Å². The molecule has 0 fully saturated rings. The molecule has 1 aliphatic heterocycles. The summed E-state index contributed by atoms with van der Waals surface area (Å²) in [5, 5.41) is 9.08. The molecule has 2 heterocycles. The number of aliphatic carboxylic acids is 1. The molecule has 0 aliphatic carbocycles. The fourth-order valence-electron chi connectivity index (χ4n) is 2.50. The number of hydrogen-bond donors (Lipinski definition) is 1. The molecule has 2 aromatic rings. The molecule has 19 heavy (non-hydrogen) atoms. The number of rotatable bonds is 2. The molecule has 0 spiro atoms. The second-order valence-corrected chi connectivity index (χ2v) is 5.68. The average molecular weight is 321 g/mol. The third-order valence-corrected chi connectivity index (χ3v) is 4.08. The maximum Gasteiger partial charge on any atom is 0.306 e. The van der Waals surface area contributed by atoms with Crippen molar-refractivity contribution in [2.75, 3.05) is 0 Å². The second-order valence-electron chi connectivity index (χ2n) is 4.76. The molecule has 1 aromatic carbocycles. The standard InChI is InChI=1S/C14H13BrN2O2/c15-11-3-1-9(2-4-11)13-16-8-12-7-10(14(18)19)5-6-17(12)13/h1-4,8,10H,5-7H2,(H,18,19). The van der Waals surface area contributed by atoms with Gasteiger partial charge in [-0.05, 0) is 18.6 Å². The molecule has 1 aromatic heterocycles. The van der Waals surface area contributed by atoms with E-state index in [0.29, 0.717) is 12.8 Å². The third kappa shape index (κ3) is 2.30. The molecule has 1 aliphatic rings. The van der Waals surface area contributed by atoms with E-state index in [1.807, 2.05) is 24.3 Å². The number of imidazole rings is 1. The topological polar surface area (TPSA) is 55.1 Å². The lowest BCUT2D eigenvalue weighted by atomic mass is 9.96. The van der Waals surface area contributed by atoms with Gasteiger partial charge < -0.3 is 9.67 Å². The smallest absolute Gasteiger partial charge is 0.306 e. The lowest BCUT2D eigenvalue weighted by Crippen LogP contribution is -2.25. The first-order valence-corrected chi connectivity index (χ1v) is 6.97. The van der Waals surface area contributed by atoms with Crippen LogP contribution in [0.4, 0.5) is 0 Å². The summed E-state index contributed by atoms with van der Waals surface area (Å²) in [6.45, 7) is 0.720. The monoisotopic (exact) mass is 320 g/mol. The van der Waals surface area contributed by atoms with Gasteiger partial charge in [0.05, 0.1) is 5.92 Å². The summed E-state index contributed by atoms with van der Waals surface area (Å²) >= 11 is 3.41. The van der Waals surface area contributed by atoms with Gasteiger partial charge in [0.25, 0.3) is 0 Å². The maximum absolute atomic E-state index is 11.0. The number of carboxylic acids is 1. The van der Waals surface area contributed by atoms with Gasteiger partial charge in [0, 0.05) is 34.9 Å². The Kier molecular flexibility index (Phi) is 3.14. The molecule has 0 radical (unpaired) electrons. The highest BCUT2D eigenvalue weighted by Crippen LogP contribution is 2.28. The highest BCUT2D eigenvalue weighted by Gasteiger charge is 2.26. The molecule has 0 saturated heterocycles.